The molecule has 0 atom stereocenters. The number of anilines is 1. The van der Waals surface area contributed by atoms with Gasteiger partial charge in [0.15, 0.2) is 11.0 Å². The Morgan fingerprint density at radius 1 is 1.26 bits per heavy atom. The van der Waals surface area contributed by atoms with Crippen LogP contribution in [0.2, 0.25) is 0 Å². The molecule has 0 spiro atoms. The van der Waals surface area contributed by atoms with Crippen molar-refractivity contribution in [2.24, 2.45) is 5.92 Å². The van der Waals surface area contributed by atoms with Crippen molar-refractivity contribution in [3.63, 3.8) is 0 Å². The summed E-state index contributed by atoms with van der Waals surface area (Å²) < 4.78 is 7.15. The number of hydrogen-bond acceptors (Lipinski definition) is 5. The summed E-state index contributed by atoms with van der Waals surface area (Å²) in [6.45, 7) is 9.05. The number of amides is 1. The summed E-state index contributed by atoms with van der Waals surface area (Å²) in [4.78, 5) is 16.8. The molecule has 142 valence electrons. The lowest BCUT2D eigenvalue weighted by atomic mass is 10.1. The molecule has 1 N–H and O–H groups in total. The SMILES string of the molecule is Cc1ccc(-c2cnc(SCC(=O)Nc3cc(C)on3)n2CC(C)C)cc1. The molecule has 0 saturated heterocycles. The van der Waals surface area contributed by atoms with Gasteiger partial charge in [0.05, 0.1) is 17.6 Å². The second-order valence-corrected chi connectivity index (χ2v) is 7.90. The lowest BCUT2D eigenvalue weighted by Gasteiger charge is -2.14. The fourth-order valence-corrected chi connectivity index (χ4v) is 3.49. The number of imidazole rings is 1. The third-order valence-electron chi connectivity index (χ3n) is 3.94. The lowest BCUT2D eigenvalue weighted by molar-refractivity contribution is -0.113. The molecule has 3 aromatic rings. The van der Waals surface area contributed by atoms with E-state index in [4.69, 9.17) is 4.52 Å². The number of carbonyl (C=O) groups excluding carboxylic acids is 1. The predicted octanol–water partition coefficient (Wildman–Crippen LogP) is 4.54. The van der Waals surface area contributed by atoms with Crippen LogP contribution < -0.4 is 5.32 Å². The molecule has 0 aliphatic carbocycles. The fourth-order valence-electron chi connectivity index (χ4n) is 2.70. The van der Waals surface area contributed by atoms with Crippen LogP contribution in [0.15, 0.2) is 46.2 Å². The highest BCUT2D eigenvalue weighted by Crippen LogP contribution is 2.27. The Hall–Kier alpha value is -2.54. The highest BCUT2D eigenvalue weighted by molar-refractivity contribution is 7.99. The first-order chi connectivity index (χ1) is 12.9. The normalized spacial score (nSPS) is 11.1. The van der Waals surface area contributed by atoms with Gasteiger partial charge in [0.2, 0.25) is 5.91 Å². The second kappa shape index (κ2) is 8.43. The number of nitrogens with one attached hydrogen (secondary N) is 1. The molecule has 3 rings (SSSR count). The maximum Gasteiger partial charge on any atom is 0.236 e. The van der Waals surface area contributed by atoms with Crippen molar-refractivity contribution in [2.75, 3.05) is 11.1 Å². The maximum absolute atomic E-state index is 12.2. The van der Waals surface area contributed by atoms with E-state index in [9.17, 15) is 4.79 Å². The summed E-state index contributed by atoms with van der Waals surface area (Å²) in [7, 11) is 0. The summed E-state index contributed by atoms with van der Waals surface area (Å²) in [6, 6.07) is 10.1. The zero-order valence-electron chi connectivity index (χ0n) is 16.0. The standard InChI is InChI=1S/C20H24N4O2S/c1-13(2)11-24-17(16-7-5-14(3)6-8-16)10-21-20(24)27-12-19(25)22-18-9-15(4)26-23-18/h5-10,13H,11-12H2,1-4H3,(H,22,23,25). The number of aryl methyl sites for hydroxylation is 2. The van der Waals surface area contributed by atoms with E-state index in [1.165, 1.54) is 17.3 Å². The van der Waals surface area contributed by atoms with E-state index in [0.29, 0.717) is 17.5 Å². The maximum atomic E-state index is 12.2. The Labute approximate surface area is 163 Å². The van der Waals surface area contributed by atoms with Gasteiger partial charge in [0.1, 0.15) is 5.76 Å². The van der Waals surface area contributed by atoms with Gasteiger partial charge in [-0.05, 0) is 25.3 Å². The van der Waals surface area contributed by atoms with Crippen LogP contribution in [0.25, 0.3) is 11.3 Å². The highest BCUT2D eigenvalue weighted by atomic mass is 32.2. The zero-order chi connectivity index (χ0) is 19.4. The number of benzene rings is 1. The van der Waals surface area contributed by atoms with Crippen molar-refractivity contribution in [3.8, 4) is 11.3 Å². The van der Waals surface area contributed by atoms with Gasteiger partial charge in [-0.15, -0.1) is 0 Å². The Morgan fingerprint density at radius 2 is 2.00 bits per heavy atom. The Kier molecular flexibility index (Phi) is 6.01. The number of aromatic nitrogens is 3. The van der Waals surface area contributed by atoms with Crippen molar-refractivity contribution in [2.45, 2.75) is 39.4 Å². The first-order valence-electron chi connectivity index (χ1n) is 8.91. The van der Waals surface area contributed by atoms with Crippen molar-refractivity contribution < 1.29 is 9.32 Å². The van der Waals surface area contributed by atoms with Crippen molar-refractivity contribution in [3.05, 3.63) is 47.9 Å². The van der Waals surface area contributed by atoms with Crippen LogP contribution in [0, 0.1) is 19.8 Å². The van der Waals surface area contributed by atoms with Crippen molar-refractivity contribution in [1.29, 1.82) is 0 Å². The number of rotatable bonds is 7. The second-order valence-electron chi connectivity index (χ2n) is 6.96. The smallest absolute Gasteiger partial charge is 0.236 e. The molecule has 1 amide bonds. The van der Waals surface area contributed by atoms with Crippen LogP contribution in [-0.4, -0.2) is 26.4 Å². The van der Waals surface area contributed by atoms with Gasteiger partial charge in [-0.3, -0.25) is 4.79 Å². The minimum Gasteiger partial charge on any atom is -0.360 e. The van der Waals surface area contributed by atoms with E-state index in [2.05, 4.69) is 65.1 Å². The van der Waals surface area contributed by atoms with Crippen LogP contribution in [-0.2, 0) is 11.3 Å². The van der Waals surface area contributed by atoms with E-state index >= 15 is 0 Å². The van der Waals surface area contributed by atoms with Gasteiger partial charge in [0, 0.05) is 12.6 Å². The van der Waals surface area contributed by atoms with Gasteiger partial charge >= 0.3 is 0 Å². The Balaban J connectivity index is 1.74. The number of carbonyl (C=O) groups is 1. The molecular formula is C20H24N4O2S. The molecule has 0 bridgehead atoms. The minimum absolute atomic E-state index is 0.135. The van der Waals surface area contributed by atoms with E-state index < -0.39 is 0 Å². The Morgan fingerprint density at radius 3 is 2.63 bits per heavy atom. The topological polar surface area (TPSA) is 73.0 Å². The summed E-state index contributed by atoms with van der Waals surface area (Å²) in [6.07, 6.45) is 1.88. The molecule has 0 aliphatic heterocycles. The van der Waals surface area contributed by atoms with Crippen LogP contribution >= 0.6 is 11.8 Å². The predicted molar refractivity (Wildman–Crippen MR) is 108 cm³/mol. The molecule has 0 aliphatic rings. The summed E-state index contributed by atoms with van der Waals surface area (Å²) in [5.74, 6) is 1.69. The molecule has 0 radical (unpaired) electrons. The quantitative estimate of drug-likeness (QED) is 0.605. The molecule has 2 aromatic heterocycles. The van der Waals surface area contributed by atoms with Crippen LogP contribution in [0.4, 0.5) is 5.82 Å². The van der Waals surface area contributed by atoms with Crippen molar-refractivity contribution >= 4 is 23.5 Å². The largest absolute Gasteiger partial charge is 0.360 e. The van der Waals surface area contributed by atoms with Crippen LogP contribution in [0.5, 0.6) is 0 Å². The van der Waals surface area contributed by atoms with E-state index in [-0.39, 0.29) is 11.7 Å². The highest BCUT2D eigenvalue weighted by Gasteiger charge is 2.15. The van der Waals surface area contributed by atoms with E-state index in [1.807, 2.05) is 6.20 Å². The van der Waals surface area contributed by atoms with Gasteiger partial charge in [0.25, 0.3) is 0 Å². The molecule has 0 unspecified atom stereocenters. The van der Waals surface area contributed by atoms with Gasteiger partial charge in [-0.1, -0.05) is 60.6 Å². The third kappa shape index (κ3) is 5.01. The van der Waals surface area contributed by atoms with Crippen LogP contribution in [0.3, 0.4) is 0 Å². The molecule has 27 heavy (non-hydrogen) atoms. The first kappa shape index (κ1) is 19.2. The van der Waals surface area contributed by atoms with Gasteiger partial charge in [-0.2, -0.15) is 0 Å². The molecule has 1 aromatic carbocycles. The summed E-state index contributed by atoms with van der Waals surface area (Å²) >= 11 is 1.42. The monoisotopic (exact) mass is 384 g/mol. The lowest BCUT2D eigenvalue weighted by Crippen LogP contribution is -2.15. The van der Waals surface area contributed by atoms with Gasteiger partial charge < -0.3 is 14.4 Å². The third-order valence-corrected chi connectivity index (χ3v) is 4.93. The molecule has 0 saturated carbocycles. The average Bonchev–Trinajstić information content (AvgIpc) is 3.19. The minimum atomic E-state index is -0.135. The van der Waals surface area contributed by atoms with E-state index in [1.54, 1.807) is 13.0 Å². The molecular weight excluding hydrogens is 360 g/mol. The average molecular weight is 385 g/mol. The molecule has 6 nitrogen and oxygen atoms in total. The van der Waals surface area contributed by atoms with E-state index in [0.717, 1.165) is 23.0 Å². The molecule has 2 heterocycles. The molecule has 0 fully saturated rings. The number of nitrogens with zero attached hydrogens (tertiary/aromatic N) is 3. The van der Waals surface area contributed by atoms with Gasteiger partial charge in [-0.25, -0.2) is 4.98 Å². The molecule has 7 heteroatoms. The van der Waals surface area contributed by atoms with Crippen LogP contribution in [0.1, 0.15) is 25.2 Å². The summed E-state index contributed by atoms with van der Waals surface area (Å²) in [5, 5.41) is 7.36. The fraction of sp³-hybridized carbons (Fsp3) is 0.350. The van der Waals surface area contributed by atoms with Crippen molar-refractivity contribution in [1.82, 2.24) is 14.7 Å². The summed E-state index contributed by atoms with van der Waals surface area (Å²) in [5.41, 5.74) is 3.42. The number of hydrogen-bond donors (Lipinski definition) is 1. The first-order valence-corrected chi connectivity index (χ1v) is 9.89. The zero-order valence-corrected chi connectivity index (χ0v) is 16.8. The number of thioether (sulfide) groups is 1. The Bertz CT molecular complexity index is 912.